The summed E-state index contributed by atoms with van der Waals surface area (Å²) in [5.74, 6) is 1.92. The molecule has 0 spiro atoms. The third kappa shape index (κ3) is 5.77. The molecule has 4 heteroatoms. The number of hydrogen-bond acceptors (Lipinski definition) is 3. The van der Waals surface area contributed by atoms with E-state index in [0.29, 0.717) is 23.2 Å². The van der Waals surface area contributed by atoms with Gasteiger partial charge in [0.05, 0.1) is 6.57 Å². The highest BCUT2D eigenvalue weighted by molar-refractivity contribution is 6.08. The van der Waals surface area contributed by atoms with E-state index in [2.05, 4.69) is 102 Å². The summed E-state index contributed by atoms with van der Waals surface area (Å²) in [7, 11) is 0. The van der Waals surface area contributed by atoms with Crippen LogP contribution >= 0.6 is 0 Å². The maximum Gasteiger partial charge on any atom is 0.187 e. The molecular weight excluding hydrogens is 633 g/mol. The lowest BCUT2D eigenvalue weighted by atomic mass is 9.89. The van der Waals surface area contributed by atoms with Gasteiger partial charge in [-0.15, -0.1) is 0 Å². The zero-order chi connectivity index (χ0) is 34.9. The maximum absolute atomic E-state index is 7.35. The minimum atomic E-state index is 0.633. The first-order chi connectivity index (χ1) is 25.7. The molecular formula is C48H30N4. The van der Waals surface area contributed by atoms with Crippen molar-refractivity contribution in [3.05, 3.63) is 193 Å². The number of fused-ring (bicyclic) bond motifs is 2. The van der Waals surface area contributed by atoms with Gasteiger partial charge < -0.3 is 0 Å². The van der Waals surface area contributed by atoms with Gasteiger partial charge in [-0.25, -0.2) is 19.8 Å². The smallest absolute Gasteiger partial charge is 0.187 e. The molecule has 9 aromatic rings. The van der Waals surface area contributed by atoms with Crippen LogP contribution in [0.25, 0.3) is 93.9 Å². The minimum absolute atomic E-state index is 0.633. The molecule has 0 bridgehead atoms. The Labute approximate surface area is 302 Å². The number of nitrogens with zero attached hydrogens (tertiary/aromatic N) is 4. The van der Waals surface area contributed by atoms with Gasteiger partial charge in [0.1, 0.15) is 0 Å². The molecule has 1 heterocycles. The average Bonchev–Trinajstić information content (AvgIpc) is 3.23. The molecule has 0 saturated carbocycles. The Morgan fingerprint density at radius 1 is 0.327 bits per heavy atom. The van der Waals surface area contributed by atoms with Crippen LogP contribution in [0.4, 0.5) is 5.69 Å². The first-order valence-corrected chi connectivity index (χ1v) is 17.2. The second-order valence-electron chi connectivity index (χ2n) is 12.7. The van der Waals surface area contributed by atoms with E-state index in [4.69, 9.17) is 21.5 Å². The van der Waals surface area contributed by atoms with Gasteiger partial charge in [-0.05, 0) is 67.1 Å². The fourth-order valence-electron chi connectivity index (χ4n) is 6.96. The normalized spacial score (nSPS) is 11.1. The standard InChI is InChI=1S/C48H30N4/c1-49-39-26-24-32(25-27-39)41-28-29-42(44-19-11-10-18-43(41)44)38-30-37-16-8-9-17-40(37)45(31-38)33-20-22-36(23-21-33)48-51-46(34-12-4-2-5-13-34)50-47(52-48)35-14-6-3-7-15-35/h2-31H. The van der Waals surface area contributed by atoms with E-state index in [9.17, 15) is 0 Å². The molecule has 0 aliphatic rings. The Morgan fingerprint density at radius 2 is 0.750 bits per heavy atom. The Hall–Kier alpha value is -7.22. The summed E-state index contributed by atoms with van der Waals surface area (Å²) in [5.41, 5.74) is 10.3. The van der Waals surface area contributed by atoms with Gasteiger partial charge in [0, 0.05) is 16.7 Å². The molecule has 0 N–H and O–H groups in total. The van der Waals surface area contributed by atoms with Gasteiger partial charge in [-0.2, -0.15) is 0 Å². The number of aromatic nitrogens is 3. The van der Waals surface area contributed by atoms with Crippen molar-refractivity contribution in [1.29, 1.82) is 0 Å². The van der Waals surface area contributed by atoms with Crippen LogP contribution in [0.2, 0.25) is 0 Å². The number of hydrogen-bond donors (Lipinski definition) is 0. The Kier molecular flexibility index (Phi) is 7.85. The van der Waals surface area contributed by atoms with Gasteiger partial charge in [0.15, 0.2) is 23.2 Å². The highest BCUT2D eigenvalue weighted by Crippen LogP contribution is 2.40. The quantitative estimate of drug-likeness (QED) is 0.166. The maximum atomic E-state index is 7.35. The molecule has 8 aromatic carbocycles. The van der Waals surface area contributed by atoms with E-state index in [-0.39, 0.29) is 0 Å². The van der Waals surface area contributed by atoms with Gasteiger partial charge in [0.2, 0.25) is 0 Å². The lowest BCUT2D eigenvalue weighted by Gasteiger charge is -2.15. The summed E-state index contributed by atoms with van der Waals surface area (Å²) in [5, 5.41) is 4.73. The highest BCUT2D eigenvalue weighted by atomic mass is 15.0. The topological polar surface area (TPSA) is 43.0 Å². The van der Waals surface area contributed by atoms with Crippen LogP contribution in [0.1, 0.15) is 0 Å². The zero-order valence-electron chi connectivity index (χ0n) is 28.1. The van der Waals surface area contributed by atoms with Gasteiger partial charge >= 0.3 is 0 Å². The minimum Gasteiger partial charge on any atom is -0.238 e. The van der Waals surface area contributed by atoms with Crippen LogP contribution < -0.4 is 0 Å². The number of benzene rings is 8. The van der Waals surface area contributed by atoms with Crippen LogP contribution in [0, 0.1) is 6.57 Å². The van der Waals surface area contributed by atoms with Crippen molar-refractivity contribution >= 4 is 27.2 Å². The zero-order valence-corrected chi connectivity index (χ0v) is 28.1. The van der Waals surface area contributed by atoms with Crippen LogP contribution in [0.5, 0.6) is 0 Å². The third-order valence-corrected chi connectivity index (χ3v) is 9.56. The molecule has 0 unspecified atom stereocenters. The summed E-state index contributed by atoms with van der Waals surface area (Å²) in [6.45, 7) is 7.35. The van der Waals surface area contributed by atoms with Gasteiger partial charge in [-0.1, -0.05) is 170 Å². The summed E-state index contributed by atoms with van der Waals surface area (Å²) in [6, 6.07) is 62.7. The van der Waals surface area contributed by atoms with Gasteiger partial charge in [0.25, 0.3) is 0 Å². The summed E-state index contributed by atoms with van der Waals surface area (Å²) < 4.78 is 0. The van der Waals surface area contributed by atoms with Crippen LogP contribution in [-0.4, -0.2) is 15.0 Å². The lowest BCUT2D eigenvalue weighted by molar-refractivity contribution is 1.07. The molecule has 0 aliphatic heterocycles. The Balaban J connectivity index is 1.15. The monoisotopic (exact) mass is 662 g/mol. The second kappa shape index (κ2) is 13.2. The lowest BCUT2D eigenvalue weighted by Crippen LogP contribution is -2.00. The van der Waals surface area contributed by atoms with E-state index in [1.54, 1.807) is 0 Å². The van der Waals surface area contributed by atoms with Crippen molar-refractivity contribution in [2.75, 3.05) is 0 Å². The van der Waals surface area contributed by atoms with Crippen molar-refractivity contribution in [3.63, 3.8) is 0 Å². The van der Waals surface area contributed by atoms with E-state index in [0.717, 1.165) is 44.5 Å². The molecule has 0 aliphatic carbocycles. The van der Waals surface area contributed by atoms with E-state index in [1.807, 2.05) is 84.9 Å². The molecule has 0 radical (unpaired) electrons. The molecule has 0 amide bonds. The molecule has 52 heavy (non-hydrogen) atoms. The van der Waals surface area contributed by atoms with Crippen LogP contribution in [-0.2, 0) is 0 Å². The van der Waals surface area contributed by atoms with Crippen molar-refractivity contribution in [3.8, 4) is 67.5 Å². The summed E-state index contributed by atoms with van der Waals surface area (Å²) in [4.78, 5) is 18.3. The Bertz CT molecular complexity index is 2710. The molecule has 0 saturated heterocycles. The SMILES string of the molecule is [C-]#[N+]c1ccc(-c2ccc(-c3cc(-c4ccc(-c5nc(-c6ccccc6)nc(-c6ccccc6)n5)cc4)c4ccccc4c3)c3ccccc23)cc1. The van der Waals surface area contributed by atoms with Crippen LogP contribution in [0.3, 0.4) is 0 Å². The largest absolute Gasteiger partial charge is 0.238 e. The van der Waals surface area contributed by atoms with Crippen LogP contribution in [0.15, 0.2) is 182 Å². The molecule has 9 rings (SSSR count). The number of rotatable bonds is 6. The van der Waals surface area contributed by atoms with E-state index >= 15 is 0 Å². The molecule has 1 aromatic heterocycles. The third-order valence-electron chi connectivity index (χ3n) is 9.56. The van der Waals surface area contributed by atoms with Crippen molar-refractivity contribution in [2.24, 2.45) is 0 Å². The highest BCUT2D eigenvalue weighted by Gasteiger charge is 2.15. The molecule has 0 atom stereocenters. The van der Waals surface area contributed by atoms with Crippen molar-refractivity contribution in [2.45, 2.75) is 0 Å². The van der Waals surface area contributed by atoms with E-state index < -0.39 is 0 Å². The van der Waals surface area contributed by atoms with Crippen molar-refractivity contribution < 1.29 is 0 Å². The molecule has 4 nitrogen and oxygen atoms in total. The molecule has 242 valence electrons. The first-order valence-electron chi connectivity index (χ1n) is 17.2. The predicted molar refractivity (Wildman–Crippen MR) is 214 cm³/mol. The van der Waals surface area contributed by atoms with Gasteiger partial charge in [-0.3, -0.25) is 0 Å². The predicted octanol–water partition coefficient (Wildman–Crippen LogP) is 12.7. The molecule has 0 fully saturated rings. The second-order valence-corrected chi connectivity index (χ2v) is 12.7. The fourth-order valence-corrected chi connectivity index (χ4v) is 6.96. The van der Waals surface area contributed by atoms with E-state index in [1.165, 1.54) is 27.1 Å². The average molecular weight is 663 g/mol. The summed E-state index contributed by atoms with van der Waals surface area (Å²) >= 11 is 0. The Morgan fingerprint density at radius 3 is 1.31 bits per heavy atom. The van der Waals surface area contributed by atoms with Crippen molar-refractivity contribution in [1.82, 2.24) is 15.0 Å². The summed E-state index contributed by atoms with van der Waals surface area (Å²) in [6.07, 6.45) is 0. The fraction of sp³-hybridized carbons (Fsp3) is 0. The first kappa shape index (κ1) is 30.8.